The van der Waals surface area contributed by atoms with E-state index in [1.807, 2.05) is 23.9 Å². The number of halogens is 1. The zero-order valence-corrected chi connectivity index (χ0v) is 12.9. The Bertz CT molecular complexity index is 503. The van der Waals surface area contributed by atoms with E-state index < -0.39 is 0 Å². The predicted molar refractivity (Wildman–Crippen MR) is 83.3 cm³/mol. The number of carbonyl (C=O) groups is 1. The zero-order valence-electron chi connectivity index (χ0n) is 11.3. The number of carbonyl (C=O) groups excluding carboxylic acids is 1. The van der Waals surface area contributed by atoms with Crippen LogP contribution in [0.5, 0.6) is 0 Å². The molecule has 1 unspecified atom stereocenters. The third-order valence-electron chi connectivity index (χ3n) is 3.95. The Morgan fingerprint density at radius 2 is 2.25 bits per heavy atom. The number of hydrogen-bond donors (Lipinski definition) is 2. The highest BCUT2D eigenvalue weighted by molar-refractivity contribution is 7.99. The van der Waals surface area contributed by atoms with Crippen LogP contribution in [0.4, 0.5) is 0 Å². The smallest absolute Gasteiger partial charge is 0.237 e. The van der Waals surface area contributed by atoms with Crippen LogP contribution in [0.25, 0.3) is 0 Å². The summed E-state index contributed by atoms with van der Waals surface area (Å²) in [6.07, 6.45) is 4.21. The third kappa shape index (κ3) is 3.13. The molecule has 2 atom stereocenters. The molecule has 1 amide bonds. The fraction of sp³-hybridized carbons (Fsp3) is 0.533. The quantitative estimate of drug-likeness (QED) is 0.882. The van der Waals surface area contributed by atoms with Crippen LogP contribution in [0.3, 0.4) is 0 Å². The van der Waals surface area contributed by atoms with E-state index in [1.54, 1.807) is 0 Å². The topological polar surface area (TPSA) is 41.1 Å². The Balaban J connectivity index is 1.72. The van der Waals surface area contributed by atoms with Crippen molar-refractivity contribution in [2.24, 2.45) is 0 Å². The second kappa shape index (κ2) is 6.37. The number of rotatable bonds is 2. The summed E-state index contributed by atoms with van der Waals surface area (Å²) in [7, 11) is 0. The molecule has 0 saturated carbocycles. The molecule has 1 aromatic carbocycles. The van der Waals surface area contributed by atoms with E-state index in [1.165, 1.54) is 11.3 Å². The van der Waals surface area contributed by atoms with Gasteiger partial charge in [0, 0.05) is 15.7 Å². The number of amides is 1. The average Bonchev–Trinajstić information content (AvgIpc) is 2.49. The SMILES string of the molecule is O=C(NC1CCSc2ccc(Cl)cc21)[C@@H]1CCCCN1. The maximum absolute atomic E-state index is 12.3. The van der Waals surface area contributed by atoms with Gasteiger partial charge in [-0.05, 0) is 49.6 Å². The fourth-order valence-corrected chi connectivity index (χ4v) is 4.15. The van der Waals surface area contributed by atoms with Crippen molar-refractivity contribution in [1.29, 1.82) is 0 Å². The lowest BCUT2D eigenvalue weighted by Crippen LogP contribution is -2.47. The molecule has 3 rings (SSSR count). The van der Waals surface area contributed by atoms with Gasteiger partial charge in [0.15, 0.2) is 0 Å². The van der Waals surface area contributed by atoms with E-state index in [0.717, 1.165) is 42.1 Å². The molecule has 0 aromatic heterocycles. The first-order chi connectivity index (χ1) is 9.74. The van der Waals surface area contributed by atoms with Crippen LogP contribution in [0, 0.1) is 0 Å². The first-order valence-electron chi connectivity index (χ1n) is 7.20. The number of piperidine rings is 1. The molecule has 3 nitrogen and oxygen atoms in total. The molecular weight excluding hydrogens is 292 g/mol. The Morgan fingerprint density at radius 1 is 1.35 bits per heavy atom. The molecule has 108 valence electrons. The molecule has 2 N–H and O–H groups in total. The molecule has 0 radical (unpaired) electrons. The summed E-state index contributed by atoms with van der Waals surface area (Å²) in [6, 6.07) is 6.03. The standard InChI is InChI=1S/C15H19ClN2OS/c16-10-4-5-14-11(9-10)12(6-8-20-14)18-15(19)13-3-1-2-7-17-13/h4-5,9,12-13,17H,1-3,6-8H2,(H,18,19)/t12?,13-/m0/s1. The number of benzene rings is 1. The van der Waals surface area contributed by atoms with Crippen LogP contribution in [0.2, 0.25) is 5.02 Å². The molecule has 1 aromatic rings. The molecule has 5 heteroatoms. The van der Waals surface area contributed by atoms with Crippen LogP contribution in [-0.4, -0.2) is 24.2 Å². The van der Waals surface area contributed by atoms with Gasteiger partial charge in [0.05, 0.1) is 12.1 Å². The van der Waals surface area contributed by atoms with Gasteiger partial charge in [-0.3, -0.25) is 4.79 Å². The van der Waals surface area contributed by atoms with Crippen LogP contribution >= 0.6 is 23.4 Å². The number of thioether (sulfide) groups is 1. The highest BCUT2D eigenvalue weighted by atomic mass is 35.5. The molecule has 20 heavy (non-hydrogen) atoms. The van der Waals surface area contributed by atoms with E-state index in [4.69, 9.17) is 11.6 Å². The summed E-state index contributed by atoms with van der Waals surface area (Å²) in [5.74, 6) is 1.17. The Morgan fingerprint density at radius 3 is 3.05 bits per heavy atom. The Labute approximate surface area is 128 Å². The first-order valence-corrected chi connectivity index (χ1v) is 8.56. The second-order valence-corrected chi connectivity index (χ2v) is 6.96. The van der Waals surface area contributed by atoms with Crippen molar-refractivity contribution in [3.05, 3.63) is 28.8 Å². The molecule has 1 fully saturated rings. The summed E-state index contributed by atoms with van der Waals surface area (Å²) >= 11 is 7.93. The first kappa shape index (κ1) is 14.2. The predicted octanol–water partition coefficient (Wildman–Crippen LogP) is 3.14. The van der Waals surface area contributed by atoms with E-state index in [0.29, 0.717) is 0 Å². The lowest BCUT2D eigenvalue weighted by Gasteiger charge is -2.29. The van der Waals surface area contributed by atoms with Gasteiger partial charge in [0.2, 0.25) is 5.91 Å². The highest BCUT2D eigenvalue weighted by Crippen LogP contribution is 2.37. The van der Waals surface area contributed by atoms with Crippen molar-refractivity contribution in [2.75, 3.05) is 12.3 Å². The minimum atomic E-state index is -0.0269. The van der Waals surface area contributed by atoms with Crippen LogP contribution in [0.15, 0.2) is 23.1 Å². The lowest BCUT2D eigenvalue weighted by molar-refractivity contribution is -0.124. The molecule has 2 aliphatic rings. The molecule has 0 spiro atoms. The molecule has 1 saturated heterocycles. The maximum Gasteiger partial charge on any atom is 0.237 e. The van der Waals surface area contributed by atoms with Gasteiger partial charge >= 0.3 is 0 Å². The van der Waals surface area contributed by atoms with Gasteiger partial charge in [-0.15, -0.1) is 11.8 Å². The molecule has 0 aliphatic carbocycles. The van der Waals surface area contributed by atoms with Crippen molar-refractivity contribution in [2.45, 2.75) is 42.7 Å². The third-order valence-corrected chi connectivity index (χ3v) is 5.31. The van der Waals surface area contributed by atoms with E-state index in [9.17, 15) is 4.79 Å². The second-order valence-electron chi connectivity index (χ2n) is 5.38. The van der Waals surface area contributed by atoms with E-state index in [-0.39, 0.29) is 18.0 Å². The largest absolute Gasteiger partial charge is 0.348 e. The number of nitrogens with one attached hydrogen (secondary N) is 2. The van der Waals surface area contributed by atoms with Crippen molar-refractivity contribution in [3.63, 3.8) is 0 Å². The summed E-state index contributed by atoms with van der Waals surface area (Å²) < 4.78 is 0. The van der Waals surface area contributed by atoms with Crippen LogP contribution in [-0.2, 0) is 4.79 Å². The fourth-order valence-electron chi connectivity index (χ4n) is 2.86. The van der Waals surface area contributed by atoms with Gasteiger partial charge in [-0.25, -0.2) is 0 Å². The Hall–Kier alpha value is -0.710. The molecule has 0 bridgehead atoms. The van der Waals surface area contributed by atoms with Gasteiger partial charge in [0.25, 0.3) is 0 Å². The number of hydrogen-bond acceptors (Lipinski definition) is 3. The summed E-state index contributed by atoms with van der Waals surface area (Å²) in [6.45, 7) is 0.945. The monoisotopic (exact) mass is 310 g/mol. The summed E-state index contributed by atoms with van der Waals surface area (Å²) in [4.78, 5) is 13.6. The van der Waals surface area contributed by atoms with Crippen molar-refractivity contribution in [1.82, 2.24) is 10.6 Å². The van der Waals surface area contributed by atoms with Gasteiger partial charge < -0.3 is 10.6 Å². The highest BCUT2D eigenvalue weighted by Gasteiger charge is 2.26. The van der Waals surface area contributed by atoms with Crippen molar-refractivity contribution < 1.29 is 4.79 Å². The normalized spacial score (nSPS) is 25.9. The van der Waals surface area contributed by atoms with Crippen LogP contribution < -0.4 is 10.6 Å². The minimum Gasteiger partial charge on any atom is -0.348 e. The van der Waals surface area contributed by atoms with Gasteiger partial charge in [-0.2, -0.15) is 0 Å². The Kier molecular flexibility index (Phi) is 4.54. The summed E-state index contributed by atoms with van der Waals surface area (Å²) in [5, 5.41) is 7.24. The van der Waals surface area contributed by atoms with Crippen molar-refractivity contribution >= 4 is 29.3 Å². The molecule has 2 heterocycles. The van der Waals surface area contributed by atoms with Gasteiger partial charge in [0.1, 0.15) is 0 Å². The lowest BCUT2D eigenvalue weighted by atomic mass is 10.0. The summed E-state index contributed by atoms with van der Waals surface area (Å²) in [5.41, 5.74) is 1.16. The van der Waals surface area contributed by atoms with Gasteiger partial charge in [-0.1, -0.05) is 18.0 Å². The van der Waals surface area contributed by atoms with Crippen LogP contribution in [0.1, 0.15) is 37.3 Å². The molecular formula is C15H19ClN2OS. The zero-order chi connectivity index (χ0) is 13.9. The number of fused-ring (bicyclic) bond motifs is 1. The van der Waals surface area contributed by atoms with E-state index in [2.05, 4.69) is 16.7 Å². The average molecular weight is 311 g/mol. The maximum atomic E-state index is 12.3. The molecule has 2 aliphatic heterocycles. The van der Waals surface area contributed by atoms with E-state index >= 15 is 0 Å². The van der Waals surface area contributed by atoms with Crippen molar-refractivity contribution in [3.8, 4) is 0 Å². The minimum absolute atomic E-state index is 0.0269.